The zero-order valence-electron chi connectivity index (χ0n) is 10.2. The van der Waals surface area contributed by atoms with Gasteiger partial charge in [0.25, 0.3) is 0 Å². The fourth-order valence-corrected chi connectivity index (χ4v) is 1.25. The number of hydrogen-bond donors (Lipinski definition) is 0. The molecule has 94 valence electrons. The molecule has 0 amide bonds. The predicted octanol–water partition coefficient (Wildman–Crippen LogP) is 2.57. The number of hydrogen-bond acceptors (Lipinski definition) is 3. The molecule has 0 aromatic heterocycles. The second-order valence-corrected chi connectivity index (χ2v) is 3.45. The van der Waals surface area contributed by atoms with Crippen molar-refractivity contribution in [1.29, 1.82) is 0 Å². The summed E-state index contributed by atoms with van der Waals surface area (Å²) in [4.78, 5) is 14.5. The van der Waals surface area contributed by atoms with Crippen molar-refractivity contribution in [2.75, 3.05) is 6.61 Å². The van der Waals surface area contributed by atoms with Crippen molar-refractivity contribution in [3.63, 3.8) is 0 Å². The van der Waals surface area contributed by atoms with Gasteiger partial charge in [-0.05, 0) is 12.5 Å². The molecule has 0 fully saturated rings. The van der Waals surface area contributed by atoms with Gasteiger partial charge in [-0.25, -0.2) is 11.4 Å². The molecular formula is C14H15NO3. The first-order chi connectivity index (χ1) is 8.77. The molecule has 1 rings (SSSR count). The monoisotopic (exact) mass is 245 g/mol. The number of nitrogens with zero attached hydrogens (tertiary/aromatic N) is 1. The molecule has 0 aliphatic carbocycles. The van der Waals surface area contributed by atoms with Crippen molar-refractivity contribution >= 4 is 5.97 Å². The molecule has 1 aromatic rings. The average molecular weight is 245 g/mol. The second kappa shape index (κ2) is 7.91. The zero-order valence-corrected chi connectivity index (χ0v) is 10.2. The highest BCUT2D eigenvalue weighted by molar-refractivity contribution is 5.79. The second-order valence-electron chi connectivity index (χ2n) is 3.45. The van der Waals surface area contributed by atoms with Crippen LogP contribution in [0.2, 0.25) is 0 Å². The minimum atomic E-state index is -0.930. The van der Waals surface area contributed by atoms with Gasteiger partial charge in [-0.15, -0.1) is 0 Å². The Morgan fingerprint density at radius 3 is 2.78 bits per heavy atom. The molecule has 0 saturated carbocycles. The van der Waals surface area contributed by atoms with E-state index in [4.69, 9.17) is 16.0 Å². The Bertz CT molecular complexity index is 434. The molecule has 0 heterocycles. The molecule has 0 N–H and O–H groups in total. The topological polar surface area (TPSA) is 39.9 Å². The standard InChI is InChI=1S/C14H15NO3/c1-3-18-14(16)13(15-2)9-10-17-11-12-7-5-4-6-8-12/h4-10,13H,3,11H2,1H3/b10-9-. The molecule has 1 unspecified atom stereocenters. The van der Waals surface area contributed by atoms with Crippen LogP contribution in [-0.4, -0.2) is 18.6 Å². The van der Waals surface area contributed by atoms with Gasteiger partial charge < -0.3 is 9.47 Å². The summed E-state index contributed by atoms with van der Waals surface area (Å²) in [6.45, 7) is 9.26. The fourth-order valence-electron chi connectivity index (χ4n) is 1.25. The van der Waals surface area contributed by atoms with Crippen molar-refractivity contribution in [3.05, 3.63) is 59.7 Å². The predicted molar refractivity (Wildman–Crippen MR) is 67.4 cm³/mol. The zero-order chi connectivity index (χ0) is 13.2. The van der Waals surface area contributed by atoms with Gasteiger partial charge in [-0.1, -0.05) is 30.3 Å². The fraction of sp³-hybridized carbons (Fsp3) is 0.286. The van der Waals surface area contributed by atoms with Gasteiger partial charge in [0.05, 0.1) is 12.9 Å². The Balaban J connectivity index is 2.40. The summed E-state index contributed by atoms with van der Waals surface area (Å²) in [5.41, 5.74) is 1.03. The van der Waals surface area contributed by atoms with E-state index in [-0.39, 0.29) is 6.61 Å². The molecule has 0 saturated heterocycles. The molecule has 4 heteroatoms. The molecule has 0 spiro atoms. The molecule has 0 radical (unpaired) electrons. The Morgan fingerprint density at radius 2 is 2.17 bits per heavy atom. The lowest BCUT2D eigenvalue weighted by molar-refractivity contribution is -0.142. The first-order valence-corrected chi connectivity index (χ1v) is 5.63. The minimum absolute atomic E-state index is 0.267. The number of carbonyl (C=O) groups is 1. The van der Waals surface area contributed by atoms with Crippen LogP contribution in [0.4, 0.5) is 0 Å². The highest BCUT2D eigenvalue weighted by Gasteiger charge is 2.21. The van der Waals surface area contributed by atoms with Gasteiger partial charge in [-0.3, -0.25) is 4.85 Å². The van der Waals surface area contributed by atoms with Crippen molar-refractivity contribution in [1.82, 2.24) is 0 Å². The van der Waals surface area contributed by atoms with E-state index in [1.54, 1.807) is 6.92 Å². The molecule has 0 bridgehead atoms. The maximum atomic E-state index is 11.3. The Hall–Kier alpha value is -2.28. The van der Waals surface area contributed by atoms with Gasteiger partial charge >= 0.3 is 12.0 Å². The van der Waals surface area contributed by atoms with Gasteiger partial charge in [0.1, 0.15) is 6.61 Å². The van der Waals surface area contributed by atoms with Crippen LogP contribution in [0.1, 0.15) is 12.5 Å². The third kappa shape index (κ3) is 4.71. The highest BCUT2D eigenvalue weighted by Crippen LogP contribution is 2.02. The summed E-state index contributed by atoms with van der Waals surface area (Å²) in [5, 5.41) is 0. The van der Waals surface area contributed by atoms with Crippen molar-refractivity contribution in [2.24, 2.45) is 0 Å². The molecule has 1 atom stereocenters. The SMILES string of the molecule is [C-]#[N+]C(/C=C\OCc1ccccc1)C(=O)OCC. The lowest BCUT2D eigenvalue weighted by atomic mass is 10.2. The van der Waals surface area contributed by atoms with Crippen LogP contribution in [-0.2, 0) is 20.9 Å². The van der Waals surface area contributed by atoms with Crippen LogP contribution < -0.4 is 0 Å². The third-order valence-electron chi connectivity index (χ3n) is 2.12. The normalized spacial score (nSPS) is 11.8. The molecule has 0 aliphatic rings. The number of benzene rings is 1. The summed E-state index contributed by atoms with van der Waals surface area (Å²) < 4.78 is 10.00. The van der Waals surface area contributed by atoms with Gasteiger partial charge in [0, 0.05) is 6.08 Å². The van der Waals surface area contributed by atoms with E-state index >= 15 is 0 Å². The van der Waals surface area contributed by atoms with Crippen LogP contribution in [0.15, 0.2) is 42.7 Å². The number of ether oxygens (including phenoxy) is 2. The van der Waals surface area contributed by atoms with Crippen molar-refractivity contribution in [3.8, 4) is 0 Å². The third-order valence-corrected chi connectivity index (χ3v) is 2.12. The molecule has 1 aromatic carbocycles. The molecule has 18 heavy (non-hydrogen) atoms. The largest absolute Gasteiger partial charge is 0.497 e. The minimum Gasteiger partial charge on any atom is -0.497 e. The lowest BCUT2D eigenvalue weighted by Crippen LogP contribution is -2.17. The number of rotatable bonds is 6. The van der Waals surface area contributed by atoms with E-state index in [0.717, 1.165) is 5.56 Å². The van der Waals surface area contributed by atoms with E-state index in [0.29, 0.717) is 6.61 Å². The smallest absolute Gasteiger partial charge is 0.394 e. The highest BCUT2D eigenvalue weighted by atomic mass is 16.5. The van der Waals surface area contributed by atoms with Crippen molar-refractivity contribution < 1.29 is 14.3 Å². The van der Waals surface area contributed by atoms with Gasteiger partial charge in [-0.2, -0.15) is 0 Å². The van der Waals surface area contributed by atoms with Gasteiger partial charge in [0.2, 0.25) is 0 Å². The first kappa shape index (κ1) is 13.8. The Morgan fingerprint density at radius 1 is 1.44 bits per heavy atom. The van der Waals surface area contributed by atoms with E-state index in [1.165, 1.54) is 12.3 Å². The van der Waals surface area contributed by atoms with E-state index in [1.807, 2.05) is 30.3 Å². The van der Waals surface area contributed by atoms with Crippen LogP contribution >= 0.6 is 0 Å². The molecule has 0 aliphatic heterocycles. The Labute approximate surface area is 107 Å². The summed E-state index contributed by atoms with van der Waals surface area (Å²) in [7, 11) is 0. The van der Waals surface area contributed by atoms with Crippen LogP contribution in [0, 0.1) is 6.57 Å². The molecule has 4 nitrogen and oxygen atoms in total. The van der Waals surface area contributed by atoms with Crippen LogP contribution in [0.5, 0.6) is 0 Å². The lowest BCUT2D eigenvalue weighted by Gasteiger charge is -2.02. The number of esters is 1. The summed E-state index contributed by atoms with van der Waals surface area (Å²) in [6, 6.07) is 8.71. The van der Waals surface area contributed by atoms with Crippen molar-refractivity contribution in [2.45, 2.75) is 19.6 Å². The van der Waals surface area contributed by atoms with E-state index < -0.39 is 12.0 Å². The molecular weight excluding hydrogens is 230 g/mol. The summed E-state index contributed by atoms with van der Waals surface area (Å²) >= 11 is 0. The maximum absolute atomic E-state index is 11.3. The number of carbonyl (C=O) groups excluding carboxylic acids is 1. The summed E-state index contributed by atoms with van der Waals surface area (Å²) in [6.07, 6.45) is 2.76. The van der Waals surface area contributed by atoms with Crippen LogP contribution in [0.25, 0.3) is 4.85 Å². The van der Waals surface area contributed by atoms with Crippen LogP contribution in [0.3, 0.4) is 0 Å². The average Bonchev–Trinajstić information content (AvgIpc) is 2.40. The maximum Gasteiger partial charge on any atom is 0.394 e. The first-order valence-electron chi connectivity index (χ1n) is 5.63. The quantitative estimate of drug-likeness (QED) is 0.439. The van der Waals surface area contributed by atoms with E-state index in [9.17, 15) is 4.79 Å². The summed E-state index contributed by atoms with van der Waals surface area (Å²) in [5.74, 6) is -0.549. The van der Waals surface area contributed by atoms with E-state index in [2.05, 4.69) is 4.85 Å². The van der Waals surface area contributed by atoms with Gasteiger partial charge in [0.15, 0.2) is 0 Å². The Kier molecular flexibility index (Phi) is 6.05.